The van der Waals surface area contributed by atoms with E-state index in [1.54, 1.807) is 7.11 Å². The molecule has 0 bridgehead atoms. The summed E-state index contributed by atoms with van der Waals surface area (Å²) in [7, 11) is -2.20. The number of benzene rings is 3. The van der Waals surface area contributed by atoms with Crippen molar-refractivity contribution in [2.45, 2.75) is 11.4 Å². The summed E-state index contributed by atoms with van der Waals surface area (Å²) in [5.41, 5.74) is 1.22. The molecule has 3 aromatic carbocycles. The highest BCUT2D eigenvalue weighted by molar-refractivity contribution is 7.89. The Morgan fingerprint density at radius 1 is 1.04 bits per heavy atom. The first-order valence-electron chi connectivity index (χ1n) is 7.86. The third-order valence-electron chi connectivity index (χ3n) is 4.09. The van der Waals surface area contributed by atoms with Gasteiger partial charge in [-0.15, -0.1) is 0 Å². The smallest absolute Gasteiger partial charge is 0.251 e. The molecule has 7 heteroatoms. The van der Waals surface area contributed by atoms with Crippen LogP contribution in [0.2, 0.25) is 0 Å². The molecule has 3 aromatic rings. The molecule has 0 saturated carbocycles. The average Bonchev–Trinajstić information content (AvgIpc) is 2.65. The first-order chi connectivity index (χ1) is 12.4. The number of hydrogen-bond donors (Lipinski definition) is 2. The number of nitrogens with one attached hydrogen (secondary N) is 1. The van der Waals surface area contributed by atoms with Crippen LogP contribution < -0.4 is 15.2 Å². The van der Waals surface area contributed by atoms with Gasteiger partial charge in [-0.2, -0.15) is 0 Å². The maximum atomic E-state index is 12.4. The summed E-state index contributed by atoms with van der Waals surface area (Å²) in [5, 5.41) is 9.95. The second-order valence-electron chi connectivity index (χ2n) is 5.72. The molecule has 0 aromatic heterocycles. The summed E-state index contributed by atoms with van der Waals surface area (Å²) < 4.78 is 28.0. The monoisotopic (exact) mass is 370 g/mol. The zero-order valence-electron chi connectivity index (χ0n) is 14.1. The van der Waals surface area contributed by atoms with Gasteiger partial charge in [-0.05, 0) is 41.1 Å². The Balaban J connectivity index is 1.83. The first kappa shape index (κ1) is 17.9. The third-order valence-corrected chi connectivity index (χ3v) is 5.02. The number of ether oxygens (including phenoxy) is 1. The van der Waals surface area contributed by atoms with E-state index in [1.807, 2.05) is 36.4 Å². The number of methoxy groups -OCH3 is 1. The summed E-state index contributed by atoms with van der Waals surface area (Å²) in [6, 6.07) is 17.1. The second-order valence-corrected chi connectivity index (χ2v) is 7.28. The summed E-state index contributed by atoms with van der Waals surface area (Å²) in [6.07, 6.45) is 0. The van der Waals surface area contributed by atoms with Crippen molar-refractivity contribution in [2.24, 2.45) is 5.14 Å². The van der Waals surface area contributed by atoms with Crippen molar-refractivity contribution >= 4 is 26.7 Å². The number of rotatable bonds is 5. The van der Waals surface area contributed by atoms with Gasteiger partial charge in [-0.3, -0.25) is 4.79 Å². The molecular weight excluding hydrogens is 352 g/mol. The lowest BCUT2D eigenvalue weighted by Crippen LogP contribution is -2.23. The number of carbonyl (C=O) groups excluding carboxylic acids is 1. The van der Waals surface area contributed by atoms with Crippen molar-refractivity contribution in [1.82, 2.24) is 5.32 Å². The van der Waals surface area contributed by atoms with E-state index in [0.717, 1.165) is 16.3 Å². The topological polar surface area (TPSA) is 98.5 Å². The molecule has 1 amide bonds. The van der Waals surface area contributed by atoms with Gasteiger partial charge in [0.25, 0.3) is 5.91 Å². The van der Waals surface area contributed by atoms with Crippen molar-refractivity contribution in [2.75, 3.05) is 7.11 Å². The van der Waals surface area contributed by atoms with Gasteiger partial charge >= 0.3 is 0 Å². The van der Waals surface area contributed by atoms with Gasteiger partial charge in [0.2, 0.25) is 10.0 Å². The normalized spacial score (nSPS) is 11.3. The van der Waals surface area contributed by atoms with Crippen LogP contribution in [0.3, 0.4) is 0 Å². The lowest BCUT2D eigenvalue weighted by molar-refractivity contribution is 0.0950. The van der Waals surface area contributed by atoms with Gasteiger partial charge in [0, 0.05) is 17.7 Å². The Morgan fingerprint density at radius 2 is 1.73 bits per heavy atom. The fourth-order valence-electron chi connectivity index (χ4n) is 2.76. The minimum absolute atomic E-state index is 0.0372. The standard InChI is InChI=1S/C19H18N2O4S/c1-25-18-11-8-13-4-2-3-5-16(13)17(18)12-21-19(22)14-6-9-15(10-7-14)26(20,23)24/h2-11H,12H2,1H3,(H,21,22)(H2,20,23,24). The number of sulfonamides is 1. The van der Waals surface area contributed by atoms with E-state index in [-0.39, 0.29) is 17.3 Å². The number of nitrogens with two attached hydrogens (primary N) is 1. The maximum Gasteiger partial charge on any atom is 0.251 e. The number of hydrogen-bond acceptors (Lipinski definition) is 4. The molecule has 3 rings (SSSR count). The van der Waals surface area contributed by atoms with E-state index in [2.05, 4.69) is 5.32 Å². The SMILES string of the molecule is COc1ccc2ccccc2c1CNC(=O)c1ccc(S(N)(=O)=O)cc1. The molecule has 0 heterocycles. The molecule has 0 fully saturated rings. The molecule has 0 atom stereocenters. The lowest BCUT2D eigenvalue weighted by Gasteiger charge is -2.13. The van der Waals surface area contributed by atoms with Crippen LogP contribution in [0.15, 0.2) is 65.6 Å². The molecular formula is C19H18N2O4S. The lowest BCUT2D eigenvalue weighted by atomic mass is 10.0. The highest BCUT2D eigenvalue weighted by Gasteiger charge is 2.12. The van der Waals surface area contributed by atoms with Crippen LogP contribution in [0.4, 0.5) is 0 Å². The Bertz CT molecular complexity index is 1060. The second kappa shape index (κ2) is 7.15. The summed E-state index contributed by atoms with van der Waals surface area (Å²) >= 11 is 0. The quantitative estimate of drug-likeness (QED) is 0.720. The van der Waals surface area contributed by atoms with E-state index in [0.29, 0.717) is 11.3 Å². The van der Waals surface area contributed by atoms with Crippen LogP contribution in [-0.2, 0) is 16.6 Å². The van der Waals surface area contributed by atoms with Gasteiger partial charge in [0.1, 0.15) is 5.75 Å². The average molecular weight is 370 g/mol. The van der Waals surface area contributed by atoms with Crippen LogP contribution in [0, 0.1) is 0 Å². The van der Waals surface area contributed by atoms with Crippen LogP contribution in [0.5, 0.6) is 5.75 Å². The molecule has 0 aliphatic carbocycles. The van der Waals surface area contributed by atoms with Crippen LogP contribution in [-0.4, -0.2) is 21.4 Å². The minimum Gasteiger partial charge on any atom is -0.496 e. The van der Waals surface area contributed by atoms with E-state index in [4.69, 9.17) is 9.88 Å². The summed E-state index contributed by atoms with van der Waals surface area (Å²) in [4.78, 5) is 12.3. The first-order valence-corrected chi connectivity index (χ1v) is 9.40. The highest BCUT2D eigenvalue weighted by Crippen LogP contribution is 2.27. The van der Waals surface area contributed by atoms with Crippen molar-refractivity contribution < 1.29 is 17.9 Å². The van der Waals surface area contributed by atoms with Gasteiger partial charge in [-0.1, -0.05) is 30.3 Å². The van der Waals surface area contributed by atoms with Crippen molar-refractivity contribution in [3.05, 3.63) is 71.8 Å². The van der Waals surface area contributed by atoms with Crippen LogP contribution >= 0.6 is 0 Å². The van der Waals surface area contributed by atoms with Gasteiger partial charge in [-0.25, -0.2) is 13.6 Å². The number of primary sulfonamides is 1. The van der Waals surface area contributed by atoms with Gasteiger partial charge < -0.3 is 10.1 Å². The summed E-state index contributed by atoms with van der Waals surface area (Å²) in [6.45, 7) is 0.278. The molecule has 0 radical (unpaired) electrons. The zero-order valence-corrected chi connectivity index (χ0v) is 14.9. The van der Waals surface area contributed by atoms with Crippen molar-refractivity contribution in [3.63, 3.8) is 0 Å². The molecule has 134 valence electrons. The predicted octanol–water partition coefficient (Wildman–Crippen LogP) is 2.43. The Labute approximate surface area is 151 Å². The molecule has 0 aliphatic heterocycles. The molecule has 0 saturated heterocycles. The molecule has 0 spiro atoms. The predicted molar refractivity (Wildman–Crippen MR) is 99.5 cm³/mol. The molecule has 0 unspecified atom stereocenters. The summed E-state index contributed by atoms with van der Waals surface area (Å²) in [5.74, 6) is 0.370. The molecule has 6 nitrogen and oxygen atoms in total. The van der Waals surface area contributed by atoms with E-state index in [9.17, 15) is 13.2 Å². The number of carbonyl (C=O) groups is 1. The van der Waals surface area contributed by atoms with Gasteiger partial charge in [0.05, 0.1) is 12.0 Å². The molecule has 3 N–H and O–H groups in total. The van der Waals surface area contributed by atoms with E-state index in [1.165, 1.54) is 24.3 Å². The van der Waals surface area contributed by atoms with Crippen LogP contribution in [0.25, 0.3) is 10.8 Å². The Morgan fingerprint density at radius 3 is 2.38 bits per heavy atom. The zero-order chi connectivity index (χ0) is 18.7. The van der Waals surface area contributed by atoms with E-state index >= 15 is 0 Å². The maximum absolute atomic E-state index is 12.4. The van der Waals surface area contributed by atoms with Crippen LogP contribution in [0.1, 0.15) is 15.9 Å². The van der Waals surface area contributed by atoms with E-state index < -0.39 is 10.0 Å². The minimum atomic E-state index is -3.78. The Kier molecular flexibility index (Phi) is 4.92. The van der Waals surface area contributed by atoms with Gasteiger partial charge in [0.15, 0.2) is 0 Å². The van der Waals surface area contributed by atoms with Crippen molar-refractivity contribution in [1.29, 1.82) is 0 Å². The Hall–Kier alpha value is -2.90. The molecule has 0 aliphatic rings. The molecule has 26 heavy (non-hydrogen) atoms. The third kappa shape index (κ3) is 3.68. The number of fused-ring (bicyclic) bond motifs is 1. The fraction of sp³-hybridized carbons (Fsp3) is 0.105. The van der Waals surface area contributed by atoms with Crippen molar-refractivity contribution in [3.8, 4) is 5.75 Å². The fourth-order valence-corrected chi connectivity index (χ4v) is 3.27. The number of amides is 1. The largest absolute Gasteiger partial charge is 0.496 e. The highest BCUT2D eigenvalue weighted by atomic mass is 32.2.